The number of hydrogen-bond acceptors (Lipinski definition) is 4. The molecular formula is C21H17N3O. The van der Waals surface area contributed by atoms with Gasteiger partial charge in [-0.25, -0.2) is 15.0 Å². The van der Waals surface area contributed by atoms with Crippen molar-refractivity contribution in [3.8, 4) is 28.5 Å². The van der Waals surface area contributed by atoms with Crippen LogP contribution in [0, 0.1) is 6.92 Å². The molecule has 0 radical (unpaired) electrons. The highest BCUT2D eigenvalue weighted by Gasteiger charge is 2.12. The maximum Gasteiger partial charge on any atom is 0.179 e. The van der Waals surface area contributed by atoms with Crippen LogP contribution in [0.25, 0.3) is 33.7 Å². The molecule has 4 nitrogen and oxygen atoms in total. The van der Waals surface area contributed by atoms with Crippen LogP contribution in [0.2, 0.25) is 0 Å². The summed E-state index contributed by atoms with van der Waals surface area (Å²) in [5.41, 5.74) is 4.54. The van der Waals surface area contributed by atoms with Crippen LogP contribution < -0.4 is 4.74 Å². The quantitative estimate of drug-likeness (QED) is 0.548. The van der Waals surface area contributed by atoms with Gasteiger partial charge in [0.2, 0.25) is 0 Å². The van der Waals surface area contributed by atoms with E-state index in [1.807, 2.05) is 73.7 Å². The van der Waals surface area contributed by atoms with Gasteiger partial charge >= 0.3 is 0 Å². The average Bonchev–Trinajstić information content (AvgIpc) is 2.67. The zero-order valence-electron chi connectivity index (χ0n) is 14.1. The Bertz CT molecular complexity index is 1040. The highest BCUT2D eigenvalue weighted by Crippen LogP contribution is 2.29. The lowest BCUT2D eigenvalue weighted by molar-refractivity contribution is 0.415. The van der Waals surface area contributed by atoms with Crippen LogP contribution in [0.3, 0.4) is 0 Å². The van der Waals surface area contributed by atoms with Gasteiger partial charge in [-0.3, -0.25) is 0 Å². The molecule has 0 spiro atoms. The van der Waals surface area contributed by atoms with Crippen LogP contribution in [0.15, 0.2) is 66.7 Å². The smallest absolute Gasteiger partial charge is 0.179 e. The van der Waals surface area contributed by atoms with E-state index in [-0.39, 0.29) is 0 Å². The van der Waals surface area contributed by atoms with Gasteiger partial charge in [-0.1, -0.05) is 24.3 Å². The third kappa shape index (κ3) is 2.94. The molecule has 2 aromatic heterocycles. The van der Waals surface area contributed by atoms with E-state index in [4.69, 9.17) is 14.7 Å². The number of benzene rings is 2. The number of methoxy groups -OCH3 is 1. The molecule has 0 aliphatic carbocycles. The van der Waals surface area contributed by atoms with E-state index in [0.717, 1.165) is 39.3 Å². The summed E-state index contributed by atoms with van der Waals surface area (Å²) in [5, 5.41) is 1.02. The Balaban J connectivity index is 1.95. The summed E-state index contributed by atoms with van der Waals surface area (Å²) >= 11 is 0. The molecule has 25 heavy (non-hydrogen) atoms. The Morgan fingerprint density at radius 1 is 0.760 bits per heavy atom. The first-order valence-corrected chi connectivity index (χ1v) is 8.10. The minimum atomic E-state index is 0.633. The van der Waals surface area contributed by atoms with Gasteiger partial charge in [-0.05, 0) is 49.4 Å². The van der Waals surface area contributed by atoms with Gasteiger partial charge in [0.25, 0.3) is 0 Å². The van der Waals surface area contributed by atoms with Crippen molar-refractivity contribution in [3.63, 3.8) is 0 Å². The number of fused-ring (bicyclic) bond motifs is 1. The molecule has 0 atom stereocenters. The lowest BCUT2D eigenvalue weighted by Crippen LogP contribution is -1.97. The molecule has 0 fully saturated rings. The topological polar surface area (TPSA) is 47.9 Å². The molecule has 0 N–H and O–H groups in total. The summed E-state index contributed by atoms with van der Waals surface area (Å²) in [4.78, 5) is 14.1. The van der Waals surface area contributed by atoms with Crippen LogP contribution in [-0.4, -0.2) is 22.1 Å². The molecule has 0 saturated heterocycles. The fourth-order valence-electron chi connectivity index (χ4n) is 2.83. The van der Waals surface area contributed by atoms with Crippen molar-refractivity contribution in [2.75, 3.05) is 7.11 Å². The number of hydrogen-bond donors (Lipinski definition) is 0. The molecule has 4 heteroatoms. The van der Waals surface area contributed by atoms with Crippen molar-refractivity contribution in [1.29, 1.82) is 0 Å². The number of aryl methyl sites for hydroxylation is 1. The summed E-state index contributed by atoms with van der Waals surface area (Å²) < 4.78 is 5.26. The van der Waals surface area contributed by atoms with Crippen LogP contribution in [-0.2, 0) is 0 Å². The predicted octanol–water partition coefficient (Wildman–Crippen LogP) is 4.68. The summed E-state index contributed by atoms with van der Waals surface area (Å²) in [6.45, 7) is 1.97. The lowest BCUT2D eigenvalue weighted by Gasteiger charge is -2.09. The number of para-hydroxylation sites is 1. The average molecular weight is 327 g/mol. The van der Waals surface area contributed by atoms with Crippen molar-refractivity contribution in [3.05, 3.63) is 72.4 Å². The third-order valence-corrected chi connectivity index (χ3v) is 4.08. The Kier molecular flexibility index (Phi) is 3.86. The lowest BCUT2D eigenvalue weighted by atomic mass is 10.1. The third-order valence-electron chi connectivity index (χ3n) is 4.08. The van der Waals surface area contributed by atoms with Crippen molar-refractivity contribution in [2.45, 2.75) is 6.92 Å². The van der Waals surface area contributed by atoms with Crippen molar-refractivity contribution in [1.82, 2.24) is 15.0 Å². The minimum absolute atomic E-state index is 0.633. The van der Waals surface area contributed by atoms with Crippen molar-refractivity contribution in [2.24, 2.45) is 0 Å². The molecule has 2 aromatic carbocycles. The molecule has 0 bridgehead atoms. The zero-order valence-corrected chi connectivity index (χ0v) is 14.1. The van der Waals surface area contributed by atoms with Crippen LogP contribution in [0.1, 0.15) is 5.69 Å². The maximum absolute atomic E-state index is 5.26. The summed E-state index contributed by atoms with van der Waals surface area (Å²) in [7, 11) is 1.66. The Labute approximate surface area is 146 Å². The molecule has 4 aromatic rings. The van der Waals surface area contributed by atoms with E-state index in [2.05, 4.69) is 4.98 Å². The van der Waals surface area contributed by atoms with Gasteiger partial charge < -0.3 is 4.74 Å². The largest absolute Gasteiger partial charge is 0.497 e. The van der Waals surface area contributed by atoms with Crippen LogP contribution in [0.5, 0.6) is 5.75 Å². The molecular weight excluding hydrogens is 310 g/mol. The van der Waals surface area contributed by atoms with Crippen molar-refractivity contribution < 1.29 is 4.74 Å². The van der Waals surface area contributed by atoms with E-state index in [1.165, 1.54) is 0 Å². The van der Waals surface area contributed by atoms with Gasteiger partial charge in [0.1, 0.15) is 11.4 Å². The maximum atomic E-state index is 5.26. The van der Waals surface area contributed by atoms with E-state index in [9.17, 15) is 0 Å². The SMILES string of the molecule is COc1ccc(-c2nc(-c3cccc(C)n3)nc3ccccc23)cc1. The number of ether oxygens (including phenoxy) is 1. The second kappa shape index (κ2) is 6.32. The van der Waals surface area contributed by atoms with Gasteiger partial charge in [-0.2, -0.15) is 0 Å². The molecule has 2 heterocycles. The minimum Gasteiger partial charge on any atom is -0.497 e. The van der Waals surface area contributed by atoms with E-state index >= 15 is 0 Å². The molecule has 0 saturated carbocycles. The zero-order chi connectivity index (χ0) is 17.2. The molecule has 0 aliphatic rings. The Hall–Kier alpha value is -3.27. The summed E-state index contributed by atoms with van der Waals surface area (Å²) in [6, 6.07) is 21.8. The van der Waals surface area contributed by atoms with Crippen LogP contribution >= 0.6 is 0 Å². The fraction of sp³-hybridized carbons (Fsp3) is 0.0952. The second-order valence-corrected chi connectivity index (χ2v) is 5.81. The first kappa shape index (κ1) is 15.3. The number of rotatable bonds is 3. The van der Waals surface area contributed by atoms with E-state index in [1.54, 1.807) is 7.11 Å². The van der Waals surface area contributed by atoms with Gasteiger partial charge in [0, 0.05) is 16.6 Å². The fourth-order valence-corrected chi connectivity index (χ4v) is 2.83. The molecule has 0 amide bonds. The summed E-state index contributed by atoms with van der Waals surface area (Å²) in [5.74, 6) is 1.45. The van der Waals surface area contributed by atoms with E-state index in [0.29, 0.717) is 5.82 Å². The number of nitrogens with zero attached hydrogens (tertiary/aromatic N) is 3. The van der Waals surface area contributed by atoms with Crippen LogP contribution in [0.4, 0.5) is 0 Å². The monoisotopic (exact) mass is 327 g/mol. The normalized spacial score (nSPS) is 10.8. The standard InChI is InChI=1S/C21H17N3O/c1-14-6-5-9-19(22-14)21-23-18-8-4-3-7-17(18)20(24-21)15-10-12-16(25-2)13-11-15/h3-13H,1-2H3. The Morgan fingerprint density at radius 2 is 1.56 bits per heavy atom. The van der Waals surface area contributed by atoms with Gasteiger partial charge in [0.15, 0.2) is 5.82 Å². The molecule has 0 aliphatic heterocycles. The highest BCUT2D eigenvalue weighted by molar-refractivity contribution is 5.93. The first-order chi connectivity index (χ1) is 12.2. The number of pyridine rings is 1. The molecule has 0 unspecified atom stereocenters. The van der Waals surface area contributed by atoms with Gasteiger partial charge in [0.05, 0.1) is 18.3 Å². The molecule has 122 valence electrons. The first-order valence-electron chi connectivity index (χ1n) is 8.10. The Morgan fingerprint density at radius 3 is 2.32 bits per heavy atom. The van der Waals surface area contributed by atoms with Gasteiger partial charge in [-0.15, -0.1) is 0 Å². The highest BCUT2D eigenvalue weighted by atomic mass is 16.5. The second-order valence-electron chi connectivity index (χ2n) is 5.81. The molecule has 4 rings (SSSR count). The van der Waals surface area contributed by atoms with Crippen molar-refractivity contribution >= 4 is 10.9 Å². The summed E-state index contributed by atoms with van der Waals surface area (Å²) in [6.07, 6.45) is 0. The number of aromatic nitrogens is 3. The predicted molar refractivity (Wildman–Crippen MR) is 99.5 cm³/mol. The van der Waals surface area contributed by atoms with E-state index < -0.39 is 0 Å².